The lowest BCUT2D eigenvalue weighted by atomic mass is 10.2. The molecule has 0 unspecified atom stereocenters. The van der Waals surface area contributed by atoms with Crippen LogP contribution in [0.4, 0.5) is 5.69 Å². The molecule has 0 aliphatic heterocycles. The van der Waals surface area contributed by atoms with Crippen molar-refractivity contribution in [3.8, 4) is 5.75 Å². The van der Waals surface area contributed by atoms with Gasteiger partial charge in [-0.1, -0.05) is 0 Å². The zero-order valence-electron chi connectivity index (χ0n) is 8.13. The summed E-state index contributed by atoms with van der Waals surface area (Å²) in [5.74, 6) is 0.220. The van der Waals surface area contributed by atoms with Gasteiger partial charge >= 0.3 is 0 Å². The molecule has 5 nitrogen and oxygen atoms in total. The number of nitrogens with one attached hydrogen (secondary N) is 2. The van der Waals surface area contributed by atoms with E-state index in [4.69, 9.17) is 5.73 Å². The van der Waals surface area contributed by atoms with Crippen LogP contribution in [0.15, 0.2) is 12.3 Å². The van der Waals surface area contributed by atoms with E-state index in [0.29, 0.717) is 22.2 Å². The second-order valence-corrected chi connectivity index (χ2v) is 3.64. The number of fused-ring (bicyclic) bond motifs is 2. The second-order valence-electron chi connectivity index (χ2n) is 3.64. The van der Waals surface area contributed by atoms with Crippen molar-refractivity contribution in [2.75, 3.05) is 5.73 Å². The monoisotopic (exact) mass is 202 g/mol. The Bertz CT molecular complexity index is 665. The summed E-state index contributed by atoms with van der Waals surface area (Å²) < 4.78 is 0. The van der Waals surface area contributed by atoms with E-state index in [-0.39, 0.29) is 5.75 Å². The molecule has 0 amide bonds. The first kappa shape index (κ1) is 8.16. The van der Waals surface area contributed by atoms with Crippen LogP contribution in [0.1, 0.15) is 5.56 Å². The summed E-state index contributed by atoms with van der Waals surface area (Å²) in [6, 6.07) is 1.82. The third kappa shape index (κ3) is 0.890. The Labute approximate surface area is 84.9 Å². The fraction of sp³-hybridized carbons (Fsp3) is 0.100. The first-order valence-corrected chi connectivity index (χ1v) is 4.61. The fourth-order valence-electron chi connectivity index (χ4n) is 1.88. The van der Waals surface area contributed by atoms with E-state index in [2.05, 4.69) is 15.2 Å². The van der Waals surface area contributed by atoms with Crippen LogP contribution in [0.25, 0.3) is 21.9 Å². The highest BCUT2D eigenvalue weighted by Gasteiger charge is 2.14. The molecule has 0 atom stereocenters. The Morgan fingerprint density at radius 2 is 2.27 bits per heavy atom. The number of aromatic amines is 2. The number of nitrogens with two attached hydrogens (primary N) is 1. The van der Waals surface area contributed by atoms with Crippen molar-refractivity contribution < 1.29 is 5.11 Å². The van der Waals surface area contributed by atoms with Gasteiger partial charge in [-0.25, -0.2) is 4.98 Å². The fourth-order valence-corrected chi connectivity index (χ4v) is 1.88. The van der Waals surface area contributed by atoms with Gasteiger partial charge in [-0.15, -0.1) is 0 Å². The Kier molecular flexibility index (Phi) is 1.33. The molecule has 5 N–H and O–H groups in total. The lowest BCUT2D eigenvalue weighted by Gasteiger charge is -1.99. The summed E-state index contributed by atoms with van der Waals surface area (Å²) in [6.45, 7) is 1.83. The van der Waals surface area contributed by atoms with Gasteiger partial charge in [0.05, 0.1) is 22.0 Å². The Balaban J connectivity index is 2.63. The summed E-state index contributed by atoms with van der Waals surface area (Å²) in [7, 11) is 0. The molecule has 0 saturated heterocycles. The molecule has 2 heterocycles. The standard InChI is InChI=1S/C10H10N4O/c1-4-2-6-7(9(4)15)8(11)5-3-12-14-10(5)13-6/h2-3,15H,11H2,1H3,(H2,12,13,14). The van der Waals surface area contributed by atoms with Gasteiger partial charge in [0.2, 0.25) is 0 Å². The van der Waals surface area contributed by atoms with Crippen molar-refractivity contribution in [3.05, 3.63) is 17.8 Å². The van der Waals surface area contributed by atoms with Crippen molar-refractivity contribution in [2.24, 2.45) is 0 Å². The van der Waals surface area contributed by atoms with Crippen LogP contribution in [-0.2, 0) is 0 Å². The van der Waals surface area contributed by atoms with Gasteiger partial charge in [-0.3, -0.25) is 5.10 Å². The maximum atomic E-state index is 9.84. The predicted octanol–water partition coefficient (Wildman–Crippen LogP) is 1.64. The second kappa shape index (κ2) is 2.44. The molecule has 15 heavy (non-hydrogen) atoms. The van der Waals surface area contributed by atoms with Crippen LogP contribution in [0.2, 0.25) is 0 Å². The molecule has 0 fully saturated rings. The molecule has 0 spiro atoms. The zero-order valence-corrected chi connectivity index (χ0v) is 8.13. The minimum atomic E-state index is 0.220. The van der Waals surface area contributed by atoms with Gasteiger partial charge < -0.3 is 15.9 Å². The van der Waals surface area contributed by atoms with Crippen molar-refractivity contribution in [3.63, 3.8) is 0 Å². The van der Waals surface area contributed by atoms with Crippen LogP contribution >= 0.6 is 0 Å². The Morgan fingerprint density at radius 3 is 3.07 bits per heavy atom. The molecule has 0 radical (unpaired) electrons. The quantitative estimate of drug-likeness (QED) is 0.446. The number of aromatic hydroxyl groups is 1. The van der Waals surface area contributed by atoms with Crippen LogP contribution < -0.4 is 5.73 Å². The van der Waals surface area contributed by atoms with Gasteiger partial charge in [0.15, 0.2) is 5.65 Å². The topological polar surface area (TPSA) is 90.7 Å². The van der Waals surface area contributed by atoms with Crippen molar-refractivity contribution in [1.29, 1.82) is 0 Å². The number of pyridine rings is 1. The van der Waals surface area contributed by atoms with E-state index >= 15 is 0 Å². The number of anilines is 1. The van der Waals surface area contributed by atoms with Gasteiger partial charge in [0.25, 0.3) is 0 Å². The highest BCUT2D eigenvalue weighted by atomic mass is 16.3. The molecule has 2 aromatic heterocycles. The average molecular weight is 202 g/mol. The number of hydrogen-bond acceptors (Lipinski definition) is 3. The van der Waals surface area contributed by atoms with Crippen molar-refractivity contribution in [2.45, 2.75) is 6.92 Å². The number of nitrogens with zero attached hydrogens (tertiary/aromatic N) is 1. The maximum absolute atomic E-state index is 9.84. The van der Waals surface area contributed by atoms with Crippen LogP contribution in [0, 0.1) is 6.92 Å². The summed E-state index contributed by atoms with van der Waals surface area (Å²) in [5.41, 5.74) is 8.73. The minimum Gasteiger partial charge on any atom is -0.507 e. The molecular formula is C10H10N4O. The lowest BCUT2D eigenvalue weighted by Crippen LogP contribution is -1.89. The van der Waals surface area contributed by atoms with Crippen LogP contribution in [0.5, 0.6) is 5.75 Å². The molecule has 5 heteroatoms. The van der Waals surface area contributed by atoms with E-state index in [1.807, 2.05) is 13.0 Å². The molecule has 0 aliphatic rings. The third-order valence-electron chi connectivity index (χ3n) is 2.67. The van der Waals surface area contributed by atoms with E-state index in [0.717, 1.165) is 10.9 Å². The number of H-pyrrole nitrogens is 2. The maximum Gasteiger partial charge on any atom is 0.156 e. The first-order chi connectivity index (χ1) is 7.18. The SMILES string of the molecule is Cc1cc2nc3[nH][nH]cc3c(N)c2c1O. The highest BCUT2D eigenvalue weighted by molar-refractivity contribution is 6.09. The molecule has 1 aromatic carbocycles. The zero-order chi connectivity index (χ0) is 10.6. The van der Waals surface area contributed by atoms with Crippen LogP contribution in [-0.4, -0.2) is 20.3 Å². The molecule has 0 bridgehead atoms. The van der Waals surface area contributed by atoms with Crippen LogP contribution in [0.3, 0.4) is 0 Å². The largest absolute Gasteiger partial charge is 0.507 e. The molecule has 0 aliphatic carbocycles. The van der Waals surface area contributed by atoms with Crippen molar-refractivity contribution >= 4 is 27.6 Å². The van der Waals surface area contributed by atoms with Crippen molar-refractivity contribution in [1.82, 2.24) is 15.2 Å². The number of aromatic nitrogens is 3. The van der Waals surface area contributed by atoms with E-state index < -0.39 is 0 Å². The number of hydrogen-bond donors (Lipinski definition) is 4. The minimum absolute atomic E-state index is 0.220. The van der Waals surface area contributed by atoms with E-state index in [1.54, 1.807) is 6.20 Å². The smallest absolute Gasteiger partial charge is 0.156 e. The molecule has 76 valence electrons. The van der Waals surface area contributed by atoms with Gasteiger partial charge in [0.1, 0.15) is 5.75 Å². The molecule has 3 rings (SSSR count). The summed E-state index contributed by atoms with van der Waals surface area (Å²) in [5, 5.41) is 17.0. The Hall–Kier alpha value is -2.17. The van der Waals surface area contributed by atoms with E-state index in [9.17, 15) is 5.11 Å². The number of nitrogen functional groups attached to an aromatic ring is 1. The summed E-state index contributed by atoms with van der Waals surface area (Å²) in [6.07, 6.45) is 1.74. The van der Waals surface area contributed by atoms with Gasteiger partial charge in [0, 0.05) is 6.20 Å². The molecular weight excluding hydrogens is 192 g/mol. The van der Waals surface area contributed by atoms with E-state index in [1.165, 1.54) is 0 Å². The first-order valence-electron chi connectivity index (χ1n) is 4.61. The summed E-state index contributed by atoms with van der Waals surface area (Å²) in [4.78, 5) is 4.35. The van der Waals surface area contributed by atoms with Gasteiger partial charge in [-0.05, 0) is 18.6 Å². The lowest BCUT2D eigenvalue weighted by molar-refractivity contribution is 0.479. The van der Waals surface area contributed by atoms with Gasteiger partial charge in [-0.2, -0.15) is 0 Å². The third-order valence-corrected chi connectivity index (χ3v) is 2.67. The Morgan fingerprint density at radius 1 is 1.47 bits per heavy atom. The molecule has 3 aromatic rings. The molecule has 0 saturated carbocycles. The average Bonchev–Trinajstić information content (AvgIpc) is 2.74. The number of aryl methyl sites for hydroxylation is 1. The predicted molar refractivity (Wildman–Crippen MR) is 58.8 cm³/mol. The normalized spacial score (nSPS) is 11.5. The highest BCUT2D eigenvalue weighted by Crippen LogP contribution is 2.37. The number of rotatable bonds is 0. The summed E-state index contributed by atoms with van der Waals surface area (Å²) >= 11 is 0.